The quantitative estimate of drug-likeness (QED) is 0.163. The summed E-state index contributed by atoms with van der Waals surface area (Å²) < 4.78 is 69.2. The van der Waals surface area contributed by atoms with Gasteiger partial charge in [0.05, 0.1) is 5.58 Å². The fourth-order valence-corrected chi connectivity index (χ4v) is 5.11. The molecule has 0 atom stereocenters. The van der Waals surface area contributed by atoms with E-state index < -0.39 is 20.1 Å². The van der Waals surface area contributed by atoms with Crippen LogP contribution in [0.4, 0.5) is 0 Å². The van der Waals surface area contributed by atoms with Gasteiger partial charge in [0.2, 0.25) is 5.71 Å². The third kappa shape index (κ3) is 7.12. The van der Waals surface area contributed by atoms with Gasteiger partial charge in [0.25, 0.3) is 0 Å². The second kappa shape index (κ2) is 14.5. The molecular formula is C42H31IrN3O-2. The van der Waals surface area contributed by atoms with Crippen LogP contribution in [0.5, 0.6) is 0 Å². The van der Waals surface area contributed by atoms with Gasteiger partial charge in [-0.25, -0.2) is 4.98 Å². The first-order chi connectivity index (χ1) is 25.8. The number of benzene rings is 4. The van der Waals surface area contributed by atoms with Gasteiger partial charge in [-0.3, -0.25) is 0 Å². The molecule has 231 valence electrons. The van der Waals surface area contributed by atoms with E-state index in [4.69, 9.17) is 15.4 Å². The number of aryl methyl sites for hydroxylation is 2. The summed E-state index contributed by atoms with van der Waals surface area (Å²) in [6.07, 6.45) is 0.981. The van der Waals surface area contributed by atoms with Crippen LogP contribution in [0.1, 0.15) is 33.4 Å². The Morgan fingerprint density at radius 2 is 1.53 bits per heavy atom. The molecule has 0 saturated carbocycles. The smallest absolute Gasteiger partial charge is 0.216 e. The van der Waals surface area contributed by atoms with E-state index >= 15 is 0 Å². The Bertz CT molecular complexity index is 2540. The van der Waals surface area contributed by atoms with E-state index in [-0.39, 0.29) is 36.9 Å². The fourth-order valence-electron chi connectivity index (χ4n) is 5.11. The summed E-state index contributed by atoms with van der Waals surface area (Å²) in [7, 11) is 0. The Hall–Kier alpha value is -5.22. The van der Waals surface area contributed by atoms with Crippen LogP contribution in [0, 0.1) is 25.8 Å². The minimum Gasteiger partial charge on any atom is -0.486 e. The van der Waals surface area contributed by atoms with E-state index in [1.807, 2.05) is 66.7 Å². The average Bonchev–Trinajstić information content (AvgIpc) is 3.57. The van der Waals surface area contributed by atoms with Crippen LogP contribution < -0.4 is 0 Å². The second-order valence-corrected chi connectivity index (χ2v) is 10.4. The van der Waals surface area contributed by atoms with Gasteiger partial charge in [-0.05, 0) is 65.0 Å². The zero-order valence-corrected chi connectivity index (χ0v) is 27.3. The summed E-state index contributed by atoms with van der Waals surface area (Å²) in [6.45, 7) is -4.42. The standard InChI is InChI=1S/C30H21N2O.C12H10N.Ir/c1-20-19-31-28(18-27(20)22-11-6-3-7-12-22)26-14-8-13-24-25-16-15-23(32-30(25)33-29(24)26)17-21-9-4-2-5-10-21;1-10-7-8-12(13-9-10)11-5-3-2-4-6-11;/h2-13,15-16,18-19H,17H2,1H3;2-5,7-9H,1H3;/q2*-1;/i1D3,17D2;1D3;. The van der Waals surface area contributed by atoms with Gasteiger partial charge < -0.3 is 14.4 Å². The Balaban J connectivity index is 0.000000254. The number of furan rings is 1. The van der Waals surface area contributed by atoms with E-state index in [1.54, 1.807) is 60.7 Å². The molecule has 0 amide bonds. The number of aromatic nitrogens is 3. The largest absolute Gasteiger partial charge is 0.486 e. The van der Waals surface area contributed by atoms with Crippen LogP contribution in [-0.2, 0) is 26.5 Å². The van der Waals surface area contributed by atoms with Crippen molar-refractivity contribution in [2.24, 2.45) is 0 Å². The molecule has 47 heavy (non-hydrogen) atoms. The van der Waals surface area contributed by atoms with Gasteiger partial charge in [-0.15, -0.1) is 54.1 Å². The molecule has 0 saturated heterocycles. The molecule has 5 heteroatoms. The molecule has 0 N–H and O–H groups in total. The Labute approximate surface area is 299 Å². The maximum atomic E-state index is 8.67. The number of fused-ring (bicyclic) bond motifs is 3. The van der Waals surface area contributed by atoms with E-state index in [0.29, 0.717) is 33.7 Å². The summed E-state index contributed by atoms with van der Waals surface area (Å²) in [5, 5.41) is 1.53. The monoisotopic (exact) mass is 794 g/mol. The van der Waals surface area contributed by atoms with Crippen molar-refractivity contribution in [3.63, 3.8) is 0 Å². The first-order valence-electron chi connectivity index (χ1n) is 18.6. The molecule has 4 aromatic carbocycles. The van der Waals surface area contributed by atoms with Crippen molar-refractivity contribution in [3.05, 3.63) is 174 Å². The van der Waals surface area contributed by atoms with Crippen LogP contribution in [0.3, 0.4) is 0 Å². The second-order valence-electron chi connectivity index (χ2n) is 10.4. The molecule has 1 radical (unpaired) electrons. The SMILES string of the molecule is [2H]C([2H])([2H])c1ccc(-c2[c-]cccc2)nc1.[2H]C([2H])([2H])c1cnc(-c2[c-]ccc3c2oc2nc(C([2H])([2H])c4ccccc4)ccc23)cc1-c1ccccc1.[Ir]. The maximum Gasteiger partial charge on any atom is 0.216 e. The predicted molar refractivity (Wildman–Crippen MR) is 186 cm³/mol. The molecule has 4 heterocycles. The van der Waals surface area contributed by atoms with Gasteiger partial charge in [0.15, 0.2) is 0 Å². The molecule has 4 nitrogen and oxygen atoms in total. The summed E-state index contributed by atoms with van der Waals surface area (Å²) in [6, 6.07) is 44.1. The first-order valence-corrected chi connectivity index (χ1v) is 14.6. The average molecular weight is 794 g/mol. The minimum atomic E-state index is -2.33. The number of nitrogens with zero attached hydrogens (tertiary/aromatic N) is 3. The van der Waals surface area contributed by atoms with Gasteiger partial charge in [-0.2, -0.15) is 0 Å². The van der Waals surface area contributed by atoms with Gasteiger partial charge in [0, 0.05) is 60.9 Å². The Kier molecular flexibility index (Phi) is 7.13. The molecule has 0 unspecified atom stereocenters. The third-order valence-electron chi connectivity index (χ3n) is 7.34. The molecule has 0 aliphatic heterocycles. The molecule has 0 bridgehead atoms. The van der Waals surface area contributed by atoms with E-state index in [2.05, 4.69) is 27.1 Å². The Morgan fingerprint density at radius 3 is 2.28 bits per heavy atom. The van der Waals surface area contributed by atoms with E-state index in [1.165, 1.54) is 12.4 Å². The van der Waals surface area contributed by atoms with E-state index in [9.17, 15) is 0 Å². The zero-order chi connectivity index (χ0) is 38.1. The molecule has 8 rings (SSSR count). The summed E-state index contributed by atoms with van der Waals surface area (Å²) in [4.78, 5) is 13.2. The topological polar surface area (TPSA) is 51.8 Å². The number of pyridine rings is 3. The molecule has 4 aromatic heterocycles. The van der Waals surface area contributed by atoms with Crippen LogP contribution in [0.15, 0.2) is 144 Å². The van der Waals surface area contributed by atoms with E-state index in [0.717, 1.165) is 27.6 Å². The number of rotatable bonds is 5. The van der Waals surface area contributed by atoms with Crippen molar-refractivity contribution >= 4 is 22.1 Å². The molecule has 8 aromatic rings. The van der Waals surface area contributed by atoms with Crippen LogP contribution >= 0.6 is 0 Å². The van der Waals surface area contributed by atoms with Crippen LogP contribution in [0.25, 0.3) is 55.7 Å². The maximum absolute atomic E-state index is 8.67. The van der Waals surface area contributed by atoms with Gasteiger partial charge in [-0.1, -0.05) is 89.8 Å². The van der Waals surface area contributed by atoms with Crippen LogP contribution in [-0.4, -0.2) is 15.0 Å². The van der Waals surface area contributed by atoms with Crippen molar-refractivity contribution in [2.75, 3.05) is 0 Å². The van der Waals surface area contributed by atoms with Crippen LogP contribution in [0.2, 0.25) is 0 Å². The summed E-state index contributed by atoms with van der Waals surface area (Å²) >= 11 is 0. The van der Waals surface area contributed by atoms with Crippen molar-refractivity contribution in [1.29, 1.82) is 0 Å². The molecular weight excluding hydrogens is 755 g/mol. The first kappa shape index (κ1) is 23.2. The summed E-state index contributed by atoms with van der Waals surface area (Å²) in [5.41, 5.74) is 5.99. The summed E-state index contributed by atoms with van der Waals surface area (Å²) in [5.74, 6) is 0. The van der Waals surface area contributed by atoms with Gasteiger partial charge >= 0.3 is 0 Å². The normalized spacial score (nSPS) is 14.0. The van der Waals surface area contributed by atoms with Crippen molar-refractivity contribution in [3.8, 4) is 33.6 Å². The zero-order valence-electron chi connectivity index (χ0n) is 32.9. The van der Waals surface area contributed by atoms with Gasteiger partial charge in [0.1, 0.15) is 0 Å². The minimum absolute atomic E-state index is 0. The fraction of sp³-hybridized carbons (Fsp3) is 0.0714. The van der Waals surface area contributed by atoms with Crippen molar-refractivity contribution in [2.45, 2.75) is 20.1 Å². The molecule has 0 spiro atoms. The molecule has 0 aliphatic carbocycles. The number of hydrogen-bond acceptors (Lipinski definition) is 4. The predicted octanol–water partition coefficient (Wildman–Crippen LogP) is 10.3. The number of hydrogen-bond donors (Lipinski definition) is 0. The Morgan fingerprint density at radius 1 is 0.723 bits per heavy atom. The van der Waals surface area contributed by atoms with Crippen molar-refractivity contribution < 1.29 is 35.5 Å². The third-order valence-corrected chi connectivity index (χ3v) is 7.34. The van der Waals surface area contributed by atoms with Crippen molar-refractivity contribution in [1.82, 2.24) is 15.0 Å². The molecule has 0 fully saturated rings. The molecule has 0 aliphatic rings.